The number of benzene rings is 2. The van der Waals surface area contributed by atoms with Gasteiger partial charge >= 0.3 is 0 Å². The highest BCUT2D eigenvalue weighted by atomic mass is 79.9. The molecule has 0 saturated carbocycles. The lowest BCUT2D eigenvalue weighted by Crippen LogP contribution is -1.90. The van der Waals surface area contributed by atoms with Crippen LogP contribution in [-0.4, -0.2) is 0 Å². The van der Waals surface area contributed by atoms with Gasteiger partial charge in [0.05, 0.1) is 5.56 Å². The van der Waals surface area contributed by atoms with E-state index in [1.807, 2.05) is 6.07 Å². The van der Waals surface area contributed by atoms with Crippen LogP contribution in [0.4, 0.5) is 4.39 Å². The summed E-state index contributed by atoms with van der Waals surface area (Å²) >= 11 is 3.30. The number of hydrogen-bond acceptors (Lipinski definition) is 2. The zero-order valence-corrected chi connectivity index (χ0v) is 11.2. The molecular weight excluding hydrogens is 297 g/mol. The van der Waals surface area contributed by atoms with Crippen LogP contribution in [-0.2, 0) is 0 Å². The molecule has 0 aliphatic carbocycles. The van der Waals surface area contributed by atoms with Crippen LogP contribution in [0.15, 0.2) is 40.9 Å². The van der Waals surface area contributed by atoms with Gasteiger partial charge in [0.1, 0.15) is 23.4 Å². The van der Waals surface area contributed by atoms with E-state index in [0.717, 1.165) is 4.47 Å². The third-order valence-electron chi connectivity index (χ3n) is 2.44. The van der Waals surface area contributed by atoms with Crippen molar-refractivity contribution in [3.05, 3.63) is 57.8 Å². The lowest BCUT2D eigenvalue weighted by Gasteiger charge is -2.08. The molecule has 0 unspecified atom stereocenters. The summed E-state index contributed by atoms with van der Waals surface area (Å²) in [5, 5.41) is 8.97. The molecule has 0 fully saturated rings. The second-order valence-corrected chi connectivity index (χ2v) is 4.68. The minimum atomic E-state index is -0.332. The quantitative estimate of drug-likeness (QED) is 0.815. The molecular formula is C14H9BrFNO. The zero-order chi connectivity index (χ0) is 13.1. The Morgan fingerprint density at radius 1 is 1.22 bits per heavy atom. The van der Waals surface area contributed by atoms with Gasteiger partial charge in [-0.05, 0) is 36.8 Å². The minimum absolute atomic E-state index is 0.332. The number of rotatable bonds is 2. The smallest absolute Gasteiger partial charge is 0.146 e. The molecule has 2 aromatic rings. The van der Waals surface area contributed by atoms with Crippen molar-refractivity contribution in [2.45, 2.75) is 6.92 Å². The van der Waals surface area contributed by atoms with Crippen LogP contribution in [0.2, 0.25) is 0 Å². The summed E-state index contributed by atoms with van der Waals surface area (Å²) in [6.45, 7) is 1.68. The van der Waals surface area contributed by atoms with E-state index in [9.17, 15) is 4.39 Å². The van der Waals surface area contributed by atoms with Crippen LogP contribution in [0.3, 0.4) is 0 Å². The number of nitriles is 1. The van der Waals surface area contributed by atoms with E-state index in [4.69, 9.17) is 10.00 Å². The van der Waals surface area contributed by atoms with Gasteiger partial charge in [0.2, 0.25) is 0 Å². The molecule has 0 radical (unpaired) electrons. The number of aryl methyl sites for hydroxylation is 1. The fourth-order valence-electron chi connectivity index (χ4n) is 1.44. The normalized spacial score (nSPS) is 9.89. The molecule has 0 amide bonds. The summed E-state index contributed by atoms with van der Waals surface area (Å²) < 4.78 is 19.7. The Balaban J connectivity index is 2.36. The highest BCUT2D eigenvalue weighted by Gasteiger charge is 2.07. The topological polar surface area (TPSA) is 33.0 Å². The molecule has 0 heterocycles. The number of hydrogen-bond donors (Lipinski definition) is 0. The molecule has 0 aromatic heterocycles. The maximum Gasteiger partial charge on any atom is 0.146 e. The Bertz CT molecular complexity index is 634. The first kappa shape index (κ1) is 12.6. The Morgan fingerprint density at radius 2 is 2.00 bits per heavy atom. The largest absolute Gasteiger partial charge is 0.456 e. The molecule has 2 rings (SSSR count). The molecule has 4 heteroatoms. The van der Waals surface area contributed by atoms with Crippen molar-refractivity contribution in [1.29, 1.82) is 5.26 Å². The van der Waals surface area contributed by atoms with Crippen molar-refractivity contribution in [2.24, 2.45) is 0 Å². The molecule has 2 nitrogen and oxygen atoms in total. The van der Waals surface area contributed by atoms with E-state index in [1.54, 1.807) is 37.3 Å². The predicted molar refractivity (Wildman–Crippen MR) is 70.1 cm³/mol. The Morgan fingerprint density at radius 3 is 2.67 bits per heavy atom. The van der Waals surface area contributed by atoms with Gasteiger partial charge in [0, 0.05) is 10.5 Å². The number of nitrogens with zero attached hydrogens (tertiary/aromatic N) is 1. The van der Waals surface area contributed by atoms with Crippen molar-refractivity contribution >= 4 is 15.9 Å². The van der Waals surface area contributed by atoms with E-state index in [0.29, 0.717) is 22.6 Å². The van der Waals surface area contributed by atoms with Gasteiger partial charge in [-0.1, -0.05) is 22.0 Å². The second-order valence-electron chi connectivity index (χ2n) is 3.77. The molecule has 0 bridgehead atoms. The fraction of sp³-hybridized carbons (Fsp3) is 0.0714. The van der Waals surface area contributed by atoms with Gasteiger partial charge in [-0.25, -0.2) is 4.39 Å². The molecule has 0 aliphatic rings. The second kappa shape index (κ2) is 5.19. The van der Waals surface area contributed by atoms with Gasteiger partial charge in [-0.15, -0.1) is 0 Å². The highest BCUT2D eigenvalue weighted by molar-refractivity contribution is 9.10. The molecule has 0 saturated heterocycles. The van der Waals surface area contributed by atoms with E-state index in [2.05, 4.69) is 15.9 Å². The summed E-state index contributed by atoms with van der Waals surface area (Å²) in [7, 11) is 0. The summed E-state index contributed by atoms with van der Waals surface area (Å²) in [6.07, 6.45) is 0. The SMILES string of the molecule is Cc1ccc(Oc2cc(Br)ccc2C#N)cc1F. The van der Waals surface area contributed by atoms with E-state index in [1.165, 1.54) is 6.07 Å². The van der Waals surface area contributed by atoms with Crippen LogP contribution in [0.25, 0.3) is 0 Å². The van der Waals surface area contributed by atoms with Crippen molar-refractivity contribution in [2.75, 3.05) is 0 Å². The van der Waals surface area contributed by atoms with Crippen molar-refractivity contribution in [3.63, 3.8) is 0 Å². The highest BCUT2D eigenvalue weighted by Crippen LogP contribution is 2.29. The van der Waals surface area contributed by atoms with Crippen molar-refractivity contribution in [1.82, 2.24) is 0 Å². The van der Waals surface area contributed by atoms with Gasteiger partial charge in [0.15, 0.2) is 0 Å². The van der Waals surface area contributed by atoms with Crippen LogP contribution < -0.4 is 4.74 Å². The molecule has 90 valence electrons. The summed E-state index contributed by atoms with van der Waals surface area (Å²) in [4.78, 5) is 0. The van der Waals surface area contributed by atoms with Crippen molar-refractivity contribution in [3.8, 4) is 17.6 Å². The van der Waals surface area contributed by atoms with Gasteiger partial charge < -0.3 is 4.74 Å². The van der Waals surface area contributed by atoms with Gasteiger partial charge in [-0.3, -0.25) is 0 Å². The van der Waals surface area contributed by atoms with Crippen LogP contribution in [0.5, 0.6) is 11.5 Å². The minimum Gasteiger partial charge on any atom is -0.456 e. The Kier molecular flexibility index (Phi) is 3.63. The average Bonchev–Trinajstić information content (AvgIpc) is 2.34. The van der Waals surface area contributed by atoms with Crippen LogP contribution >= 0.6 is 15.9 Å². The summed E-state index contributed by atoms with van der Waals surface area (Å²) in [5.74, 6) is 0.434. The predicted octanol–water partition coefficient (Wildman–Crippen LogP) is 4.56. The molecule has 0 spiro atoms. The summed E-state index contributed by atoms with van der Waals surface area (Å²) in [6, 6.07) is 11.7. The van der Waals surface area contributed by atoms with Crippen molar-refractivity contribution < 1.29 is 9.13 Å². The Hall–Kier alpha value is -1.86. The third kappa shape index (κ3) is 2.69. The molecule has 0 N–H and O–H groups in total. The lowest BCUT2D eigenvalue weighted by molar-refractivity contribution is 0.474. The van der Waals surface area contributed by atoms with E-state index >= 15 is 0 Å². The van der Waals surface area contributed by atoms with Gasteiger partial charge in [0.25, 0.3) is 0 Å². The van der Waals surface area contributed by atoms with E-state index < -0.39 is 0 Å². The Labute approximate surface area is 113 Å². The van der Waals surface area contributed by atoms with Crippen LogP contribution in [0.1, 0.15) is 11.1 Å². The lowest BCUT2D eigenvalue weighted by atomic mass is 10.2. The third-order valence-corrected chi connectivity index (χ3v) is 2.93. The molecule has 0 atom stereocenters. The van der Waals surface area contributed by atoms with Crippen LogP contribution in [0, 0.1) is 24.1 Å². The molecule has 2 aromatic carbocycles. The fourth-order valence-corrected chi connectivity index (χ4v) is 1.78. The first-order valence-corrected chi connectivity index (χ1v) is 6.03. The standard InChI is InChI=1S/C14H9BrFNO/c1-9-2-5-12(7-13(9)16)18-14-6-11(15)4-3-10(14)8-17/h2-7H,1H3. The maximum atomic E-state index is 13.4. The first-order chi connectivity index (χ1) is 8.60. The molecule has 0 aliphatic heterocycles. The average molecular weight is 306 g/mol. The first-order valence-electron chi connectivity index (χ1n) is 5.24. The van der Waals surface area contributed by atoms with Gasteiger partial charge in [-0.2, -0.15) is 5.26 Å². The molecule has 18 heavy (non-hydrogen) atoms. The number of ether oxygens (including phenoxy) is 1. The summed E-state index contributed by atoms with van der Waals surface area (Å²) in [5.41, 5.74) is 0.955. The van der Waals surface area contributed by atoms with E-state index in [-0.39, 0.29) is 5.82 Å². The number of halogens is 2. The maximum absolute atomic E-state index is 13.4. The zero-order valence-electron chi connectivity index (χ0n) is 9.58. The monoisotopic (exact) mass is 305 g/mol.